The van der Waals surface area contributed by atoms with Gasteiger partial charge in [-0.2, -0.15) is 0 Å². The van der Waals surface area contributed by atoms with E-state index in [1.807, 2.05) is 18.4 Å². The van der Waals surface area contributed by atoms with Crippen molar-refractivity contribution >= 4 is 40.9 Å². The first kappa shape index (κ1) is 18.8. The zero-order valence-electron chi connectivity index (χ0n) is 13.3. The summed E-state index contributed by atoms with van der Waals surface area (Å²) < 4.78 is 16.1. The van der Waals surface area contributed by atoms with Gasteiger partial charge in [0.15, 0.2) is 17.6 Å². The first-order valence-electron chi connectivity index (χ1n) is 7.00. The summed E-state index contributed by atoms with van der Waals surface area (Å²) in [7, 11) is 1.30. The number of methoxy groups -OCH3 is 1. The SMILES string of the molecule is COC(=O)C(C)Oc1ccc(Cl)cc1Oc1ccc(SC)cc1Cl. The summed E-state index contributed by atoms with van der Waals surface area (Å²) in [6.07, 6.45) is 1.18. The number of esters is 1. The summed E-state index contributed by atoms with van der Waals surface area (Å²) in [4.78, 5) is 12.6. The van der Waals surface area contributed by atoms with Crippen molar-refractivity contribution in [3.63, 3.8) is 0 Å². The molecule has 2 aromatic carbocycles. The summed E-state index contributed by atoms with van der Waals surface area (Å²) in [6.45, 7) is 1.59. The molecule has 128 valence electrons. The van der Waals surface area contributed by atoms with Crippen molar-refractivity contribution in [3.8, 4) is 17.2 Å². The Bertz CT molecular complexity index is 737. The fourth-order valence-electron chi connectivity index (χ4n) is 1.87. The van der Waals surface area contributed by atoms with E-state index < -0.39 is 12.1 Å². The highest BCUT2D eigenvalue weighted by Gasteiger charge is 2.18. The van der Waals surface area contributed by atoms with Crippen LogP contribution < -0.4 is 9.47 Å². The maximum absolute atomic E-state index is 11.5. The van der Waals surface area contributed by atoms with Crippen molar-refractivity contribution in [2.45, 2.75) is 17.9 Å². The Labute approximate surface area is 155 Å². The second kappa shape index (κ2) is 8.51. The van der Waals surface area contributed by atoms with Crippen LogP contribution in [-0.4, -0.2) is 25.4 Å². The fourth-order valence-corrected chi connectivity index (χ4v) is 2.76. The van der Waals surface area contributed by atoms with E-state index >= 15 is 0 Å². The van der Waals surface area contributed by atoms with Gasteiger partial charge in [0.1, 0.15) is 5.75 Å². The molecule has 0 N–H and O–H groups in total. The summed E-state index contributed by atoms with van der Waals surface area (Å²) in [6, 6.07) is 10.3. The second-order valence-corrected chi connectivity index (χ2v) is 6.50. The maximum atomic E-state index is 11.5. The van der Waals surface area contributed by atoms with Crippen molar-refractivity contribution in [2.75, 3.05) is 13.4 Å². The van der Waals surface area contributed by atoms with E-state index in [9.17, 15) is 4.79 Å². The van der Waals surface area contributed by atoms with Crippen molar-refractivity contribution in [2.24, 2.45) is 0 Å². The van der Waals surface area contributed by atoms with Gasteiger partial charge in [0.25, 0.3) is 0 Å². The number of hydrogen-bond donors (Lipinski definition) is 0. The molecule has 0 saturated heterocycles. The van der Waals surface area contributed by atoms with Gasteiger partial charge >= 0.3 is 5.97 Å². The molecular weight excluding hydrogens is 371 g/mol. The molecule has 0 aliphatic rings. The third-order valence-corrected chi connectivity index (χ3v) is 4.36. The van der Waals surface area contributed by atoms with Crippen LogP contribution in [0.15, 0.2) is 41.3 Å². The molecule has 7 heteroatoms. The van der Waals surface area contributed by atoms with Gasteiger partial charge in [-0.3, -0.25) is 0 Å². The Hall–Kier alpha value is -1.56. The number of rotatable bonds is 6. The lowest BCUT2D eigenvalue weighted by Crippen LogP contribution is -2.25. The molecule has 0 heterocycles. The van der Waals surface area contributed by atoms with Gasteiger partial charge in [-0.25, -0.2) is 4.79 Å². The molecule has 0 aromatic heterocycles. The molecule has 0 spiro atoms. The van der Waals surface area contributed by atoms with E-state index in [4.69, 9.17) is 32.7 Å². The third-order valence-electron chi connectivity index (χ3n) is 3.10. The molecule has 2 aromatic rings. The number of carbonyl (C=O) groups excluding carboxylic acids is 1. The van der Waals surface area contributed by atoms with Crippen LogP contribution in [-0.2, 0) is 9.53 Å². The topological polar surface area (TPSA) is 44.8 Å². The molecular formula is C17H16Cl2O4S. The molecule has 24 heavy (non-hydrogen) atoms. The van der Waals surface area contributed by atoms with Gasteiger partial charge < -0.3 is 14.2 Å². The van der Waals surface area contributed by atoms with Crippen LogP contribution in [0.25, 0.3) is 0 Å². The predicted molar refractivity (Wildman–Crippen MR) is 96.9 cm³/mol. The average molecular weight is 387 g/mol. The minimum Gasteiger partial charge on any atom is -0.475 e. The maximum Gasteiger partial charge on any atom is 0.346 e. The van der Waals surface area contributed by atoms with Crippen molar-refractivity contribution in [1.29, 1.82) is 0 Å². The van der Waals surface area contributed by atoms with E-state index in [2.05, 4.69) is 4.74 Å². The molecule has 0 radical (unpaired) electrons. The number of carbonyl (C=O) groups is 1. The molecule has 0 aliphatic heterocycles. The van der Waals surface area contributed by atoms with Crippen LogP contribution in [0.2, 0.25) is 10.0 Å². The van der Waals surface area contributed by atoms with Crippen LogP contribution in [0.5, 0.6) is 17.2 Å². The molecule has 0 fully saturated rings. The largest absolute Gasteiger partial charge is 0.475 e. The Morgan fingerprint density at radius 1 is 1.08 bits per heavy atom. The molecule has 4 nitrogen and oxygen atoms in total. The second-order valence-electron chi connectivity index (χ2n) is 4.77. The Morgan fingerprint density at radius 2 is 1.79 bits per heavy atom. The number of benzene rings is 2. The number of halogens is 2. The summed E-state index contributed by atoms with van der Waals surface area (Å²) >= 11 is 13.9. The lowest BCUT2D eigenvalue weighted by Gasteiger charge is -2.17. The van der Waals surface area contributed by atoms with E-state index in [0.29, 0.717) is 27.3 Å². The van der Waals surface area contributed by atoms with Crippen molar-refractivity contribution in [3.05, 3.63) is 46.4 Å². The van der Waals surface area contributed by atoms with E-state index in [0.717, 1.165) is 4.90 Å². The van der Waals surface area contributed by atoms with Gasteiger partial charge in [-0.05, 0) is 43.5 Å². The van der Waals surface area contributed by atoms with Gasteiger partial charge in [-0.15, -0.1) is 11.8 Å². The van der Waals surface area contributed by atoms with Gasteiger partial charge in [0.2, 0.25) is 0 Å². The molecule has 1 atom stereocenters. The van der Waals surface area contributed by atoms with Crippen LogP contribution in [0.1, 0.15) is 6.92 Å². The minimum absolute atomic E-state index is 0.358. The highest BCUT2D eigenvalue weighted by Crippen LogP contribution is 2.38. The van der Waals surface area contributed by atoms with Crippen molar-refractivity contribution in [1.82, 2.24) is 0 Å². The number of thioether (sulfide) groups is 1. The fraction of sp³-hybridized carbons (Fsp3) is 0.235. The Morgan fingerprint density at radius 3 is 2.42 bits per heavy atom. The van der Waals surface area contributed by atoms with Gasteiger partial charge in [0.05, 0.1) is 12.1 Å². The molecule has 0 bridgehead atoms. The normalized spacial score (nSPS) is 11.7. The van der Waals surface area contributed by atoms with Crippen molar-refractivity contribution < 1.29 is 19.0 Å². The van der Waals surface area contributed by atoms with Crippen LogP contribution >= 0.6 is 35.0 Å². The van der Waals surface area contributed by atoms with Gasteiger partial charge in [-0.1, -0.05) is 23.2 Å². The first-order valence-corrected chi connectivity index (χ1v) is 8.98. The van der Waals surface area contributed by atoms with E-state index in [-0.39, 0.29) is 0 Å². The highest BCUT2D eigenvalue weighted by atomic mass is 35.5. The van der Waals surface area contributed by atoms with Crippen LogP contribution in [0.3, 0.4) is 0 Å². The van der Waals surface area contributed by atoms with Crippen LogP contribution in [0.4, 0.5) is 0 Å². The molecule has 1 unspecified atom stereocenters. The van der Waals surface area contributed by atoms with Gasteiger partial charge in [0, 0.05) is 16.0 Å². The molecule has 2 rings (SSSR count). The zero-order valence-corrected chi connectivity index (χ0v) is 15.7. The standard InChI is InChI=1S/C17H16Cl2O4S/c1-10(17(20)21-2)22-15-6-4-11(18)8-16(15)23-14-7-5-12(24-3)9-13(14)19/h4-10H,1-3H3. The summed E-state index contributed by atoms with van der Waals surface area (Å²) in [5.41, 5.74) is 0. The number of hydrogen-bond acceptors (Lipinski definition) is 5. The lowest BCUT2D eigenvalue weighted by atomic mass is 10.3. The smallest absolute Gasteiger partial charge is 0.346 e. The number of ether oxygens (including phenoxy) is 3. The quantitative estimate of drug-likeness (QED) is 0.487. The lowest BCUT2D eigenvalue weighted by molar-refractivity contribution is -0.147. The van der Waals surface area contributed by atoms with E-state index in [1.165, 1.54) is 7.11 Å². The van der Waals surface area contributed by atoms with E-state index in [1.54, 1.807) is 43.0 Å². The summed E-state index contributed by atoms with van der Waals surface area (Å²) in [5.74, 6) is 0.699. The Balaban J connectivity index is 2.29. The molecule has 0 saturated carbocycles. The first-order chi connectivity index (χ1) is 11.4. The summed E-state index contributed by atoms with van der Waals surface area (Å²) in [5, 5.41) is 0.939. The Kier molecular flexibility index (Phi) is 6.66. The monoisotopic (exact) mass is 386 g/mol. The molecule has 0 amide bonds. The highest BCUT2D eigenvalue weighted by molar-refractivity contribution is 7.98. The third kappa shape index (κ3) is 4.72. The van der Waals surface area contributed by atoms with Crippen LogP contribution in [0, 0.1) is 0 Å². The predicted octanol–water partition coefficient (Wildman–Crippen LogP) is 5.45. The zero-order chi connectivity index (χ0) is 17.7. The molecule has 0 aliphatic carbocycles. The minimum atomic E-state index is -0.784. The average Bonchev–Trinajstić information content (AvgIpc) is 2.58.